The summed E-state index contributed by atoms with van der Waals surface area (Å²) < 4.78 is 0. The third kappa shape index (κ3) is 4.69. The van der Waals surface area contributed by atoms with Crippen LogP contribution in [0.5, 0.6) is 0 Å². The molecule has 0 aromatic rings. The van der Waals surface area contributed by atoms with E-state index in [0.717, 1.165) is 0 Å². The van der Waals surface area contributed by atoms with Gasteiger partial charge in [-0.25, -0.2) is 5.48 Å². The number of rotatable bonds is 5. The molecular formula is C6H15NO3. The van der Waals surface area contributed by atoms with Crippen molar-refractivity contribution >= 4 is 0 Å². The summed E-state index contributed by atoms with van der Waals surface area (Å²) in [5, 5.41) is 25.7. The predicted octanol–water partition coefficient (Wildman–Crippen LogP) is -0.513. The van der Waals surface area contributed by atoms with E-state index in [2.05, 4.69) is 0 Å². The molecule has 4 N–H and O–H groups in total. The highest BCUT2D eigenvalue weighted by molar-refractivity contribution is 4.61. The van der Waals surface area contributed by atoms with Crippen molar-refractivity contribution < 1.29 is 15.4 Å². The highest BCUT2D eigenvalue weighted by atomic mass is 16.5. The monoisotopic (exact) mass is 149 g/mol. The second-order valence-electron chi connectivity index (χ2n) is 2.43. The molecule has 0 aliphatic heterocycles. The summed E-state index contributed by atoms with van der Waals surface area (Å²) >= 11 is 0. The molecule has 0 aliphatic rings. The van der Waals surface area contributed by atoms with Gasteiger partial charge in [-0.05, 0) is 19.8 Å². The van der Waals surface area contributed by atoms with Crippen molar-refractivity contribution in [2.75, 3.05) is 6.61 Å². The quantitative estimate of drug-likeness (QED) is 0.397. The minimum absolute atomic E-state index is 0.108. The lowest BCUT2D eigenvalue weighted by Crippen LogP contribution is -2.30. The van der Waals surface area contributed by atoms with Gasteiger partial charge in [0.2, 0.25) is 0 Å². The molecule has 0 heterocycles. The molecule has 0 amide bonds. The highest BCUT2D eigenvalue weighted by Gasteiger charge is 2.05. The van der Waals surface area contributed by atoms with Gasteiger partial charge < -0.3 is 15.4 Å². The number of nitrogens with one attached hydrogen (secondary N) is 1. The Hall–Kier alpha value is -0.160. The molecule has 2 unspecified atom stereocenters. The number of aliphatic hydroxyl groups excluding tert-OH is 2. The summed E-state index contributed by atoms with van der Waals surface area (Å²) in [5.41, 5.74) is 1.95. The zero-order valence-electron chi connectivity index (χ0n) is 6.12. The van der Waals surface area contributed by atoms with Crippen LogP contribution >= 0.6 is 0 Å². The second-order valence-corrected chi connectivity index (χ2v) is 2.43. The Balaban J connectivity index is 3.26. The minimum Gasteiger partial charge on any atom is -0.395 e. The van der Waals surface area contributed by atoms with Gasteiger partial charge in [0, 0.05) is 0 Å². The molecule has 0 spiro atoms. The van der Waals surface area contributed by atoms with Crippen LogP contribution in [0.3, 0.4) is 0 Å². The predicted molar refractivity (Wildman–Crippen MR) is 36.7 cm³/mol. The fraction of sp³-hybridized carbons (Fsp3) is 1.00. The van der Waals surface area contributed by atoms with Crippen LogP contribution in [-0.2, 0) is 0 Å². The van der Waals surface area contributed by atoms with E-state index >= 15 is 0 Å². The van der Waals surface area contributed by atoms with E-state index in [9.17, 15) is 0 Å². The lowest BCUT2D eigenvalue weighted by molar-refractivity contribution is 0.0763. The molecule has 0 rings (SSSR count). The van der Waals surface area contributed by atoms with E-state index in [1.807, 2.05) is 5.48 Å². The van der Waals surface area contributed by atoms with Crippen LogP contribution < -0.4 is 5.48 Å². The molecule has 0 radical (unpaired) electrons. The van der Waals surface area contributed by atoms with Crippen LogP contribution in [0, 0.1) is 0 Å². The molecule has 2 atom stereocenters. The maximum Gasteiger partial charge on any atom is 0.0607 e. The van der Waals surface area contributed by atoms with Gasteiger partial charge in [-0.1, -0.05) is 0 Å². The molecule has 0 fully saturated rings. The first-order valence-electron chi connectivity index (χ1n) is 3.39. The van der Waals surface area contributed by atoms with Gasteiger partial charge in [-0.3, -0.25) is 0 Å². The molecule has 4 heteroatoms. The maximum atomic E-state index is 8.80. The average Bonchev–Trinajstić information content (AvgIpc) is 1.90. The van der Waals surface area contributed by atoms with Gasteiger partial charge in [-0.15, -0.1) is 0 Å². The highest BCUT2D eigenvalue weighted by Crippen LogP contribution is 1.99. The van der Waals surface area contributed by atoms with E-state index in [0.29, 0.717) is 12.8 Å². The lowest BCUT2D eigenvalue weighted by Gasteiger charge is -2.11. The molecule has 0 saturated heterocycles. The zero-order valence-corrected chi connectivity index (χ0v) is 6.12. The van der Waals surface area contributed by atoms with Crippen molar-refractivity contribution in [3.8, 4) is 0 Å². The van der Waals surface area contributed by atoms with Gasteiger partial charge >= 0.3 is 0 Å². The first kappa shape index (κ1) is 9.84. The summed E-state index contributed by atoms with van der Waals surface area (Å²) in [4.78, 5) is 0. The average molecular weight is 149 g/mol. The Bertz CT molecular complexity index is 73.4. The van der Waals surface area contributed by atoms with E-state index in [1.54, 1.807) is 6.92 Å². The topological polar surface area (TPSA) is 72.7 Å². The molecular weight excluding hydrogens is 134 g/mol. The number of hydroxylamine groups is 1. The number of hydrogen-bond donors (Lipinski definition) is 4. The second kappa shape index (κ2) is 5.61. The molecule has 0 aromatic heterocycles. The van der Waals surface area contributed by atoms with Crippen molar-refractivity contribution in [3.63, 3.8) is 0 Å². The van der Waals surface area contributed by atoms with E-state index in [1.165, 1.54) is 0 Å². The molecule has 0 aliphatic carbocycles. The van der Waals surface area contributed by atoms with Crippen molar-refractivity contribution in [1.29, 1.82) is 0 Å². The summed E-state index contributed by atoms with van der Waals surface area (Å²) in [6.45, 7) is 1.56. The Labute approximate surface area is 60.5 Å². The smallest absolute Gasteiger partial charge is 0.0607 e. The van der Waals surface area contributed by atoms with Gasteiger partial charge in [0.1, 0.15) is 0 Å². The normalized spacial score (nSPS) is 16.8. The van der Waals surface area contributed by atoms with E-state index in [4.69, 9.17) is 15.4 Å². The third-order valence-electron chi connectivity index (χ3n) is 1.34. The molecule has 0 saturated carbocycles. The summed E-state index contributed by atoms with van der Waals surface area (Å²) in [5.74, 6) is 0. The van der Waals surface area contributed by atoms with Crippen molar-refractivity contribution in [1.82, 2.24) is 5.48 Å². The molecule has 10 heavy (non-hydrogen) atoms. The standard InChI is InChI=1S/C6H15NO3/c1-5(9)2-3-6(4-8)7-10/h5-10H,2-4H2,1H3. The van der Waals surface area contributed by atoms with Crippen molar-refractivity contribution in [3.05, 3.63) is 0 Å². The third-order valence-corrected chi connectivity index (χ3v) is 1.34. The van der Waals surface area contributed by atoms with Crippen LogP contribution in [0.4, 0.5) is 0 Å². The molecule has 62 valence electrons. The van der Waals surface area contributed by atoms with Crippen molar-refractivity contribution in [2.45, 2.75) is 31.9 Å². The molecule has 0 aromatic carbocycles. The van der Waals surface area contributed by atoms with Gasteiger partial charge in [-0.2, -0.15) is 0 Å². The van der Waals surface area contributed by atoms with Crippen LogP contribution in [0.1, 0.15) is 19.8 Å². The number of hydrogen-bond acceptors (Lipinski definition) is 4. The molecule has 0 bridgehead atoms. The van der Waals surface area contributed by atoms with Crippen molar-refractivity contribution in [2.24, 2.45) is 0 Å². The van der Waals surface area contributed by atoms with Gasteiger partial charge in [0.15, 0.2) is 0 Å². The first-order chi connectivity index (χ1) is 4.70. The zero-order chi connectivity index (χ0) is 7.98. The Kier molecular flexibility index (Phi) is 5.52. The summed E-state index contributed by atoms with van der Waals surface area (Å²) in [7, 11) is 0. The van der Waals surface area contributed by atoms with Crippen LogP contribution in [0.15, 0.2) is 0 Å². The Morgan fingerprint density at radius 2 is 2.00 bits per heavy atom. The fourth-order valence-electron chi connectivity index (χ4n) is 0.639. The fourth-order valence-corrected chi connectivity index (χ4v) is 0.639. The van der Waals surface area contributed by atoms with E-state index in [-0.39, 0.29) is 18.8 Å². The van der Waals surface area contributed by atoms with Crippen LogP contribution in [0.25, 0.3) is 0 Å². The Morgan fingerprint density at radius 1 is 1.40 bits per heavy atom. The van der Waals surface area contributed by atoms with Gasteiger partial charge in [0.05, 0.1) is 18.8 Å². The molecule has 4 nitrogen and oxygen atoms in total. The Morgan fingerprint density at radius 3 is 2.30 bits per heavy atom. The SMILES string of the molecule is CC(O)CCC(CO)NO. The maximum absolute atomic E-state index is 8.80. The van der Waals surface area contributed by atoms with Crippen LogP contribution in [0.2, 0.25) is 0 Å². The van der Waals surface area contributed by atoms with E-state index < -0.39 is 0 Å². The van der Waals surface area contributed by atoms with Gasteiger partial charge in [0.25, 0.3) is 0 Å². The lowest BCUT2D eigenvalue weighted by atomic mass is 10.1. The van der Waals surface area contributed by atoms with Crippen LogP contribution in [-0.4, -0.2) is 34.2 Å². The summed E-state index contributed by atoms with van der Waals surface area (Å²) in [6, 6.07) is -0.311. The minimum atomic E-state index is -0.373. The first-order valence-corrected chi connectivity index (χ1v) is 3.39. The number of aliphatic hydroxyl groups is 2. The summed E-state index contributed by atoms with van der Waals surface area (Å²) in [6.07, 6.45) is 0.783. The largest absolute Gasteiger partial charge is 0.395 e.